The topological polar surface area (TPSA) is 49.4 Å². The standard InChI is InChI=1S/C29H32Cl2N2O2/c1-3-17-32-29(35)27(18-23-7-5-4-6-8-23)33(20-24-14-15-25(30)19-26(24)31)28(34)16-13-22-11-9-21(2)10-12-22/h4-12,14-15,19,27H,3,13,16-18,20H2,1-2H3,(H,32,35)/t27-/m0/s1. The zero-order valence-corrected chi connectivity index (χ0v) is 21.8. The van der Waals surface area contributed by atoms with Crippen LogP contribution in [0.4, 0.5) is 0 Å². The molecular formula is C29H32Cl2N2O2. The van der Waals surface area contributed by atoms with Crippen LogP contribution < -0.4 is 5.32 Å². The average Bonchev–Trinajstić information content (AvgIpc) is 2.86. The molecule has 0 radical (unpaired) electrons. The van der Waals surface area contributed by atoms with E-state index in [1.807, 2.05) is 74.5 Å². The van der Waals surface area contributed by atoms with Crippen molar-refractivity contribution in [2.45, 2.75) is 52.1 Å². The maximum atomic E-state index is 13.7. The molecule has 0 spiro atoms. The van der Waals surface area contributed by atoms with Crippen molar-refractivity contribution in [3.8, 4) is 0 Å². The monoisotopic (exact) mass is 510 g/mol. The van der Waals surface area contributed by atoms with Gasteiger partial charge in [-0.1, -0.05) is 96.4 Å². The summed E-state index contributed by atoms with van der Waals surface area (Å²) in [6, 6.07) is 22.5. The van der Waals surface area contributed by atoms with E-state index >= 15 is 0 Å². The third-order valence-corrected chi connectivity index (χ3v) is 6.51. The third kappa shape index (κ3) is 8.12. The molecule has 4 nitrogen and oxygen atoms in total. The summed E-state index contributed by atoms with van der Waals surface area (Å²) < 4.78 is 0. The van der Waals surface area contributed by atoms with Gasteiger partial charge in [0, 0.05) is 36.0 Å². The van der Waals surface area contributed by atoms with Crippen molar-refractivity contribution in [1.29, 1.82) is 0 Å². The van der Waals surface area contributed by atoms with Crippen LogP contribution in [0.3, 0.4) is 0 Å². The lowest BCUT2D eigenvalue weighted by Crippen LogP contribution is -2.50. The molecule has 0 fully saturated rings. The maximum absolute atomic E-state index is 13.7. The molecule has 6 heteroatoms. The fourth-order valence-electron chi connectivity index (χ4n) is 3.90. The van der Waals surface area contributed by atoms with E-state index in [1.54, 1.807) is 17.0 Å². The number of carbonyl (C=O) groups excluding carboxylic acids is 2. The second-order valence-corrected chi connectivity index (χ2v) is 9.58. The number of nitrogens with zero attached hydrogens (tertiary/aromatic N) is 1. The highest BCUT2D eigenvalue weighted by Crippen LogP contribution is 2.24. The summed E-state index contributed by atoms with van der Waals surface area (Å²) in [5.74, 6) is -0.256. The Morgan fingerprint density at radius 2 is 1.66 bits per heavy atom. The highest BCUT2D eigenvalue weighted by atomic mass is 35.5. The Hall–Kier alpha value is -2.82. The zero-order chi connectivity index (χ0) is 25.2. The lowest BCUT2D eigenvalue weighted by Gasteiger charge is -2.32. The average molecular weight is 511 g/mol. The van der Waals surface area contributed by atoms with Crippen molar-refractivity contribution in [2.24, 2.45) is 0 Å². The summed E-state index contributed by atoms with van der Waals surface area (Å²) in [6.07, 6.45) is 2.12. The molecule has 0 aromatic heterocycles. The van der Waals surface area contributed by atoms with Gasteiger partial charge in [0.05, 0.1) is 0 Å². The van der Waals surface area contributed by atoms with Gasteiger partial charge >= 0.3 is 0 Å². The summed E-state index contributed by atoms with van der Waals surface area (Å²) in [5.41, 5.74) is 4.00. The van der Waals surface area contributed by atoms with Crippen molar-refractivity contribution < 1.29 is 9.59 Å². The molecule has 35 heavy (non-hydrogen) atoms. The number of benzene rings is 3. The normalized spacial score (nSPS) is 11.7. The van der Waals surface area contributed by atoms with Crippen LogP contribution in [0.2, 0.25) is 10.0 Å². The predicted molar refractivity (Wildman–Crippen MR) is 144 cm³/mol. The molecule has 184 valence electrons. The van der Waals surface area contributed by atoms with Crippen LogP contribution in [0.1, 0.15) is 42.0 Å². The van der Waals surface area contributed by atoms with Crippen LogP contribution in [0.5, 0.6) is 0 Å². The Labute approximate surface area is 218 Å². The molecule has 0 aliphatic heterocycles. The second-order valence-electron chi connectivity index (χ2n) is 8.74. The molecule has 0 unspecified atom stereocenters. The fraction of sp³-hybridized carbons (Fsp3) is 0.310. The predicted octanol–water partition coefficient (Wildman–Crippen LogP) is 6.40. The maximum Gasteiger partial charge on any atom is 0.243 e. The number of carbonyl (C=O) groups is 2. The molecule has 0 aliphatic carbocycles. The SMILES string of the molecule is CCCNC(=O)[C@H](Cc1ccccc1)N(Cc1ccc(Cl)cc1Cl)C(=O)CCc1ccc(C)cc1. The van der Waals surface area contributed by atoms with Crippen LogP contribution in [0.25, 0.3) is 0 Å². The second kappa shape index (κ2) is 13.3. The van der Waals surface area contributed by atoms with E-state index in [0.717, 1.165) is 23.1 Å². The van der Waals surface area contributed by atoms with Gasteiger partial charge in [-0.2, -0.15) is 0 Å². The highest BCUT2D eigenvalue weighted by molar-refractivity contribution is 6.35. The zero-order valence-electron chi connectivity index (χ0n) is 20.3. The molecule has 0 saturated carbocycles. The molecule has 3 aromatic carbocycles. The molecule has 0 aliphatic rings. The summed E-state index contributed by atoms with van der Waals surface area (Å²) in [6.45, 7) is 4.82. The van der Waals surface area contributed by atoms with Crippen molar-refractivity contribution >= 4 is 35.0 Å². The van der Waals surface area contributed by atoms with E-state index in [1.165, 1.54) is 5.56 Å². The van der Waals surface area contributed by atoms with Crippen molar-refractivity contribution in [1.82, 2.24) is 10.2 Å². The van der Waals surface area contributed by atoms with Gasteiger partial charge in [-0.05, 0) is 48.6 Å². The molecule has 1 N–H and O–H groups in total. The number of rotatable bonds is 11. The summed E-state index contributed by atoms with van der Waals surface area (Å²) in [4.78, 5) is 28.7. The molecule has 2 amide bonds. The van der Waals surface area contributed by atoms with E-state index in [4.69, 9.17) is 23.2 Å². The van der Waals surface area contributed by atoms with Crippen LogP contribution in [0, 0.1) is 6.92 Å². The molecule has 3 aromatic rings. The Morgan fingerprint density at radius 1 is 0.943 bits per heavy atom. The first-order valence-electron chi connectivity index (χ1n) is 12.0. The van der Waals surface area contributed by atoms with Crippen LogP contribution in [0.15, 0.2) is 72.8 Å². The van der Waals surface area contributed by atoms with Crippen molar-refractivity contribution in [3.63, 3.8) is 0 Å². The van der Waals surface area contributed by atoms with Crippen molar-refractivity contribution in [2.75, 3.05) is 6.54 Å². The summed E-state index contributed by atoms with van der Waals surface area (Å²) in [5, 5.41) is 3.99. The molecule has 3 rings (SSSR count). The lowest BCUT2D eigenvalue weighted by molar-refractivity contribution is -0.141. The summed E-state index contributed by atoms with van der Waals surface area (Å²) in [7, 11) is 0. The van der Waals surface area contributed by atoms with Gasteiger partial charge in [-0.15, -0.1) is 0 Å². The van der Waals surface area contributed by atoms with Crippen LogP contribution >= 0.6 is 23.2 Å². The highest BCUT2D eigenvalue weighted by Gasteiger charge is 2.30. The van der Waals surface area contributed by atoms with Gasteiger partial charge < -0.3 is 10.2 Å². The molecule has 1 atom stereocenters. The first kappa shape index (κ1) is 26.8. The van der Waals surface area contributed by atoms with E-state index in [2.05, 4.69) is 5.32 Å². The summed E-state index contributed by atoms with van der Waals surface area (Å²) >= 11 is 12.6. The van der Waals surface area contributed by atoms with Gasteiger partial charge in [0.1, 0.15) is 6.04 Å². The Kier molecular flexibility index (Phi) is 10.2. The minimum atomic E-state index is -0.666. The van der Waals surface area contributed by atoms with Gasteiger partial charge in [0.15, 0.2) is 0 Å². The Balaban J connectivity index is 1.91. The first-order chi connectivity index (χ1) is 16.9. The minimum absolute atomic E-state index is 0.0934. The number of amides is 2. The smallest absolute Gasteiger partial charge is 0.243 e. The Bertz CT molecular complexity index is 1120. The van der Waals surface area contributed by atoms with Gasteiger partial charge in [0.2, 0.25) is 11.8 Å². The number of hydrogen-bond donors (Lipinski definition) is 1. The first-order valence-corrected chi connectivity index (χ1v) is 12.7. The van der Waals surface area contributed by atoms with E-state index in [-0.39, 0.29) is 18.4 Å². The van der Waals surface area contributed by atoms with Gasteiger partial charge in [-0.25, -0.2) is 0 Å². The molecular weight excluding hydrogens is 479 g/mol. The molecule has 0 bridgehead atoms. The van der Waals surface area contributed by atoms with E-state index in [0.29, 0.717) is 35.9 Å². The van der Waals surface area contributed by atoms with Gasteiger partial charge in [-0.3, -0.25) is 9.59 Å². The van der Waals surface area contributed by atoms with Gasteiger partial charge in [0.25, 0.3) is 0 Å². The molecule has 0 heterocycles. The number of hydrogen-bond acceptors (Lipinski definition) is 2. The van der Waals surface area contributed by atoms with Crippen molar-refractivity contribution in [3.05, 3.63) is 105 Å². The lowest BCUT2D eigenvalue weighted by atomic mass is 10.0. The largest absolute Gasteiger partial charge is 0.354 e. The third-order valence-electron chi connectivity index (χ3n) is 5.92. The van der Waals surface area contributed by atoms with E-state index in [9.17, 15) is 9.59 Å². The number of nitrogens with one attached hydrogen (secondary N) is 1. The fourth-order valence-corrected chi connectivity index (χ4v) is 4.37. The molecule has 0 saturated heterocycles. The number of halogens is 2. The van der Waals surface area contributed by atoms with E-state index < -0.39 is 6.04 Å². The minimum Gasteiger partial charge on any atom is -0.354 e. The quantitative estimate of drug-likeness (QED) is 0.324. The van der Waals surface area contributed by atoms with Crippen LogP contribution in [-0.2, 0) is 29.0 Å². The number of aryl methyl sites for hydroxylation is 2. The Morgan fingerprint density at radius 3 is 2.31 bits per heavy atom. The van der Waals surface area contributed by atoms with Crippen LogP contribution in [-0.4, -0.2) is 29.3 Å².